The number of sulfonamides is 1. The third-order valence-electron chi connectivity index (χ3n) is 3.58. The van der Waals surface area contributed by atoms with E-state index in [2.05, 4.69) is 5.10 Å². The Hall–Kier alpha value is -2.15. The number of rotatable bonds is 5. The highest BCUT2D eigenvalue weighted by Gasteiger charge is 2.21. The molecule has 3 aromatic rings. The molecule has 0 bridgehead atoms. The van der Waals surface area contributed by atoms with Crippen LogP contribution in [0.3, 0.4) is 0 Å². The number of hydrogen-bond donors (Lipinski definition) is 0. The van der Waals surface area contributed by atoms with E-state index in [1.807, 2.05) is 36.5 Å². The van der Waals surface area contributed by atoms with Crippen molar-refractivity contribution >= 4 is 21.6 Å². The summed E-state index contributed by atoms with van der Waals surface area (Å²) in [5.74, 6) is 0. The van der Waals surface area contributed by atoms with Gasteiger partial charge < -0.3 is 0 Å². The average Bonchev–Trinajstić information content (AvgIpc) is 3.04. The molecular weight excluding hydrogens is 346 g/mol. The predicted octanol–water partition coefficient (Wildman–Crippen LogP) is 3.35. The van der Waals surface area contributed by atoms with Crippen molar-refractivity contribution in [2.75, 3.05) is 7.05 Å². The van der Waals surface area contributed by atoms with Crippen molar-refractivity contribution in [2.45, 2.75) is 11.4 Å². The molecule has 124 valence electrons. The molecule has 1 heterocycles. The molecule has 0 spiro atoms. The smallest absolute Gasteiger partial charge is 0.241 e. The fraction of sp³-hybridized carbons (Fsp3) is 0.118. The first-order valence-corrected chi connectivity index (χ1v) is 9.09. The zero-order valence-electron chi connectivity index (χ0n) is 13.0. The minimum Gasteiger partial charge on any atom is -0.241 e. The number of para-hydroxylation sites is 1. The van der Waals surface area contributed by atoms with Gasteiger partial charge in [0.15, 0.2) is 0 Å². The summed E-state index contributed by atoms with van der Waals surface area (Å²) in [6.07, 6.45) is 3.49. The van der Waals surface area contributed by atoms with Gasteiger partial charge in [-0.3, -0.25) is 0 Å². The molecule has 24 heavy (non-hydrogen) atoms. The van der Waals surface area contributed by atoms with E-state index < -0.39 is 10.0 Å². The zero-order valence-corrected chi connectivity index (χ0v) is 14.6. The molecule has 7 heteroatoms. The van der Waals surface area contributed by atoms with Gasteiger partial charge in [0.2, 0.25) is 10.0 Å². The lowest BCUT2D eigenvalue weighted by Gasteiger charge is -2.16. The average molecular weight is 362 g/mol. The van der Waals surface area contributed by atoms with E-state index in [1.54, 1.807) is 30.1 Å². The molecule has 5 nitrogen and oxygen atoms in total. The van der Waals surface area contributed by atoms with Crippen molar-refractivity contribution in [1.29, 1.82) is 0 Å². The Morgan fingerprint density at radius 3 is 2.42 bits per heavy atom. The maximum absolute atomic E-state index is 12.6. The monoisotopic (exact) mass is 361 g/mol. The Morgan fingerprint density at radius 1 is 1.08 bits per heavy atom. The zero-order chi connectivity index (χ0) is 17.2. The van der Waals surface area contributed by atoms with Gasteiger partial charge in [0.1, 0.15) is 0 Å². The minimum absolute atomic E-state index is 0.213. The van der Waals surface area contributed by atoms with Crippen LogP contribution < -0.4 is 0 Å². The summed E-state index contributed by atoms with van der Waals surface area (Å²) < 4.78 is 28.2. The SMILES string of the molecule is CN(Cc1cnn(-c2ccccc2)c1)S(=O)(=O)c1ccc(Cl)cc1. The normalized spacial score (nSPS) is 11.8. The Kier molecular flexibility index (Phi) is 4.71. The maximum atomic E-state index is 12.6. The Balaban J connectivity index is 1.78. The van der Waals surface area contributed by atoms with Crippen molar-refractivity contribution in [3.05, 3.63) is 77.6 Å². The molecule has 3 rings (SSSR count). The number of benzene rings is 2. The molecule has 0 amide bonds. The van der Waals surface area contributed by atoms with Crippen molar-refractivity contribution in [2.24, 2.45) is 0 Å². The van der Waals surface area contributed by atoms with E-state index in [-0.39, 0.29) is 11.4 Å². The molecule has 1 aromatic heterocycles. The number of nitrogens with zero attached hydrogens (tertiary/aromatic N) is 3. The molecule has 0 aliphatic carbocycles. The van der Waals surface area contributed by atoms with Gasteiger partial charge in [0, 0.05) is 30.4 Å². The van der Waals surface area contributed by atoms with Crippen LogP contribution in [0, 0.1) is 0 Å². The summed E-state index contributed by atoms with van der Waals surface area (Å²) in [7, 11) is -2.03. The van der Waals surface area contributed by atoms with Crippen molar-refractivity contribution in [3.63, 3.8) is 0 Å². The summed E-state index contributed by atoms with van der Waals surface area (Å²) >= 11 is 5.81. The maximum Gasteiger partial charge on any atom is 0.243 e. The van der Waals surface area contributed by atoms with Crippen LogP contribution in [0.25, 0.3) is 5.69 Å². The Morgan fingerprint density at radius 2 is 1.75 bits per heavy atom. The van der Waals surface area contributed by atoms with Crippen LogP contribution >= 0.6 is 11.6 Å². The molecule has 0 saturated carbocycles. The molecule has 0 fully saturated rings. The largest absolute Gasteiger partial charge is 0.243 e. The quantitative estimate of drug-likeness (QED) is 0.700. The lowest BCUT2D eigenvalue weighted by molar-refractivity contribution is 0.466. The first kappa shape index (κ1) is 16.7. The standard InChI is InChI=1S/C17H16ClN3O2S/c1-20(24(22,23)17-9-7-15(18)8-10-17)12-14-11-19-21(13-14)16-5-3-2-4-6-16/h2-11,13H,12H2,1H3. The molecule has 0 N–H and O–H groups in total. The van der Waals surface area contributed by atoms with E-state index in [9.17, 15) is 8.42 Å². The summed E-state index contributed by atoms with van der Waals surface area (Å²) in [6.45, 7) is 0.234. The fourth-order valence-corrected chi connectivity index (χ4v) is 3.58. The predicted molar refractivity (Wildman–Crippen MR) is 93.7 cm³/mol. The van der Waals surface area contributed by atoms with Crippen LogP contribution in [0.15, 0.2) is 71.9 Å². The van der Waals surface area contributed by atoms with Crippen LogP contribution in [0.4, 0.5) is 0 Å². The van der Waals surface area contributed by atoms with Gasteiger partial charge in [0.05, 0.1) is 16.8 Å². The molecule has 0 atom stereocenters. The number of hydrogen-bond acceptors (Lipinski definition) is 3. The lowest BCUT2D eigenvalue weighted by Crippen LogP contribution is -2.26. The molecule has 0 aliphatic rings. The second-order valence-corrected chi connectivity index (χ2v) is 7.83. The van der Waals surface area contributed by atoms with Crippen molar-refractivity contribution < 1.29 is 8.42 Å². The minimum atomic E-state index is -3.57. The summed E-state index contributed by atoms with van der Waals surface area (Å²) in [5, 5.41) is 4.78. The van der Waals surface area contributed by atoms with Crippen molar-refractivity contribution in [1.82, 2.24) is 14.1 Å². The van der Waals surface area contributed by atoms with Gasteiger partial charge in [0.25, 0.3) is 0 Å². The molecular formula is C17H16ClN3O2S. The summed E-state index contributed by atoms with van der Waals surface area (Å²) in [5.41, 5.74) is 1.73. The van der Waals surface area contributed by atoms with Gasteiger partial charge in [-0.1, -0.05) is 29.8 Å². The first-order valence-electron chi connectivity index (χ1n) is 7.28. The highest BCUT2D eigenvalue weighted by molar-refractivity contribution is 7.89. The van der Waals surface area contributed by atoms with Gasteiger partial charge in [-0.05, 0) is 36.4 Å². The number of halogens is 1. The van der Waals surface area contributed by atoms with Crippen LogP contribution in [-0.4, -0.2) is 29.6 Å². The highest BCUT2D eigenvalue weighted by Crippen LogP contribution is 2.19. The van der Waals surface area contributed by atoms with Crippen LogP contribution in [0.2, 0.25) is 5.02 Å². The molecule has 0 aliphatic heterocycles. The van der Waals surface area contributed by atoms with E-state index >= 15 is 0 Å². The van der Waals surface area contributed by atoms with Gasteiger partial charge in [-0.2, -0.15) is 9.40 Å². The third kappa shape index (κ3) is 3.51. The fourth-order valence-electron chi connectivity index (χ4n) is 2.29. The van der Waals surface area contributed by atoms with Gasteiger partial charge in [-0.25, -0.2) is 13.1 Å². The van der Waals surface area contributed by atoms with Crippen molar-refractivity contribution in [3.8, 4) is 5.69 Å². The van der Waals surface area contributed by atoms with Crippen LogP contribution in [0.5, 0.6) is 0 Å². The molecule has 0 unspecified atom stereocenters. The van der Waals surface area contributed by atoms with Gasteiger partial charge >= 0.3 is 0 Å². The number of aromatic nitrogens is 2. The van der Waals surface area contributed by atoms with E-state index in [0.29, 0.717) is 5.02 Å². The second-order valence-electron chi connectivity index (χ2n) is 5.34. The third-order valence-corrected chi connectivity index (χ3v) is 5.65. The van der Waals surface area contributed by atoms with E-state index in [0.717, 1.165) is 11.3 Å². The Labute approximate surface area is 146 Å². The lowest BCUT2D eigenvalue weighted by atomic mass is 10.3. The first-order chi connectivity index (χ1) is 11.5. The van der Waals surface area contributed by atoms with E-state index in [1.165, 1.54) is 16.4 Å². The summed E-state index contributed by atoms with van der Waals surface area (Å²) in [4.78, 5) is 0.213. The topological polar surface area (TPSA) is 55.2 Å². The van der Waals surface area contributed by atoms with Crippen LogP contribution in [0.1, 0.15) is 5.56 Å². The second kappa shape index (κ2) is 6.76. The molecule has 0 radical (unpaired) electrons. The summed E-state index contributed by atoms with van der Waals surface area (Å²) in [6, 6.07) is 15.8. The van der Waals surface area contributed by atoms with E-state index in [4.69, 9.17) is 11.6 Å². The Bertz CT molecular complexity index is 922. The molecule has 0 saturated heterocycles. The molecule has 2 aromatic carbocycles. The van der Waals surface area contributed by atoms with Gasteiger partial charge in [-0.15, -0.1) is 0 Å². The van der Waals surface area contributed by atoms with Crippen LogP contribution in [-0.2, 0) is 16.6 Å². The highest BCUT2D eigenvalue weighted by atomic mass is 35.5.